The van der Waals surface area contributed by atoms with Crippen molar-refractivity contribution in [1.82, 2.24) is 19.6 Å². The number of amides is 1. The Kier molecular flexibility index (Phi) is 7.51. The lowest BCUT2D eigenvalue weighted by Crippen LogP contribution is -2.45. The van der Waals surface area contributed by atoms with Crippen molar-refractivity contribution in [3.8, 4) is 11.3 Å². The van der Waals surface area contributed by atoms with Crippen molar-refractivity contribution < 1.29 is 4.79 Å². The summed E-state index contributed by atoms with van der Waals surface area (Å²) in [7, 11) is 0. The lowest BCUT2D eigenvalue weighted by Gasteiger charge is -2.31. The summed E-state index contributed by atoms with van der Waals surface area (Å²) in [4.78, 5) is 22.8. The monoisotopic (exact) mass is 485 g/mol. The van der Waals surface area contributed by atoms with Gasteiger partial charge in [-0.15, -0.1) is 23.7 Å². The number of aryl methyl sites for hydroxylation is 2. The second-order valence-electron chi connectivity index (χ2n) is 8.98. The molecule has 33 heavy (non-hydrogen) atoms. The van der Waals surface area contributed by atoms with E-state index in [0.717, 1.165) is 80.1 Å². The number of benzene rings is 1. The number of piperidine rings is 1. The fourth-order valence-corrected chi connectivity index (χ4v) is 6.35. The number of aromatic nitrogens is 2. The molecular weight excluding hydrogens is 454 g/mol. The zero-order valence-electron chi connectivity index (χ0n) is 19.1. The van der Waals surface area contributed by atoms with Crippen molar-refractivity contribution in [3.63, 3.8) is 0 Å². The van der Waals surface area contributed by atoms with E-state index in [9.17, 15) is 4.79 Å². The number of rotatable bonds is 5. The number of nitrogens with zero attached hydrogens (tertiary/aromatic N) is 3. The van der Waals surface area contributed by atoms with Crippen LogP contribution in [-0.4, -0.2) is 45.7 Å². The van der Waals surface area contributed by atoms with E-state index in [1.165, 1.54) is 17.0 Å². The Bertz CT molecular complexity index is 1140. The first-order chi connectivity index (χ1) is 15.7. The summed E-state index contributed by atoms with van der Waals surface area (Å²) in [5.74, 6) is 0.0737. The highest BCUT2D eigenvalue weighted by atomic mass is 35.5. The topological polar surface area (TPSA) is 73.5 Å². The Morgan fingerprint density at radius 2 is 2.00 bits per heavy atom. The van der Waals surface area contributed by atoms with Crippen LogP contribution in [0.4, 0.5) is 0 Å². The van der Waals surface area contributed by atoms with Crippen LogP contribution in [0.25, 0.3) is 16.2 Å². The van der Waals surface area contributed by atoms with Crippen molar-refractivity contribution >= 4 is 40.4 Å². The van der Waals surface area contributed by atoms with Crippen molar-refractivity contribution in [2.45, 2.75) is 51.9 Å². The molecule has 6 nitrogen and oxygen atoms in total. The highest BCUT2D eigenvalue weighted by Crippen LogP contribution is 2.35. The first-order valence-corrected chi connectivity index (χ1v) is 12.7. The van der Waals surface area contributed by atoms with Gasteiger partial charge in [0.25, 0.3) is 0 Å². The number of amidine groups is 1. The van der Waals surface area contributed by atoms with Crippen LogP contribution < -0.4 is 5.32 Å². The molecule has 0 bridgehead atoms. The number of hydrogen-bond acceptors (Lipinski definition) is 5. The van der Waals surface area contributed by atoms with E-state index in [1.54, 1.807) is 11.3 Å². The van der Waals surface area contributed by atoms with E-state index in [-0.39, 0.29) is 30.1 Å². The summed E-state index contributed by atoms with van der Waals surface area (Å²) in [6.45, 7) is 5.06. The molecule has 2 aliphatic rings. The van der Waals surface area contributed by atoms with Crippen LogP contribution in [0.15, 0.2) is 30.3 Å². The fourth-order valence-electron chi connectivity index (χ4n) is 5.14. The van der Waals surface area contributed by atoms with Gasteiger partial charge in [-0.2, -0.15) is 0 Å². The maximum atomic E-state index is 13.2. The molecule has 8 heteroatoms. The highest BCUT2D eigenvalue weighted by Gasteiger charge is 2.29. The molecule has 1 fully saturated rings. The summed E-state index contributed by atoms with van der Waals surface area (Å²) in [5, 5.41) is 11.9. The predicted octanol–water partition coefficient (Wildman–Crippen LogP) is 4.93. The minimum atomic E-state index is -0.0596. The van der Waals surface area contributed by atoms with E-state index in [4.69, 9.17) is 10.4 Å². The van der Waals surface area contributed by atoms with Gasteiger partial charge in [0.15, 0.2) is 10.8 Å². The van der Waals surface area contributed by atoms with E-state index >= 15 is 0 Å². The molecule has 3 aromatic rings. The molecule has 0 spiro atoms. The number of likely N-dealkylation sites (tertiary alicyclic amines) is 1. The van der Waals surface area contributed by atoms with Crippen LogP contribution in [0.1, 0.15) is 55.3 Å². The van der Waals surface area contributed by atoms with Crippen molar-refractivity contribution in [1.29, 1.82) is 5.41 Å². The third-order valence-corrected chi connectivity index (χ3v) is 7.81. The van der Waals surface area contributed by atoms with Crippen LogP contribution >= 0.6 is 23.7 Å². The molecule has 1 amide bonds. The van der Waals surface area contributed by atoms with E-state index in [2.05, 4.69) is 21.5 Å². The molecule has 5 rings (SSSR count). The Hall–Kier alpha value is -2.22. The lowest BCUT2D eigenvalue weighted by molar-refractivity contribution is -0.125. The van der Waals surface area contributed by atoms with Gasteiger partial charge in [-0.1, -0.05) is 37.3 Å². The average molecular weight is 486 g/mol. The van der Waals surface area contributed by atoms with Gasteiger partial charge in [-0.05, 0) is 58.0 Å². The quantitative estimate of drug-likeness (QED) is 0.397. The Morgan fingerprint density at radius 3 is 2.79 bits per heavy atom. The number of thiazole rings is 1. The number of fused-ring (bicyclic) bond motifs is 3. The second-order valence-corrected chi connectivity index (χ2v) is 10.0. The number of imidazole rings is 1. The molecule has 0 radical (unpaired) electrons. The summed E-state index contributed by atoms with van der Waals surface area (Å²) in [6.07, 6.45) is 7.48. The predicted molar refractivity (Wildman–Crippen MR) is 137 cm³/mol. The minimum Gasteiger partial charge on any atom is -0.309 e. The average Bonchev–Trinajstić information content (AvgIpc) is 3.36. The van der Waals surface area contributed by atoms with Gasteiger partial charge in [0.05, 0.1) is 5.92 Å². The lowest BCUT2D eigenvalue weighted by atomic mass is 9.97. The number of nitrogens with one attached hydrogen (secondary N) is 2. The first-order valence-electron chi connectivity index (χ1n) is 11.9. The van der Waals surface area contributed by atoms with Crippen LogP contribution in [-0.2, 0) is 17.6 Å². The molecule has 1 aliphatic heterocycles. The molecule has 1 aromatic carbocycles. The van der Waals surface area contributed by atoms with Crippen LogP contribution in [0, 0.1) is 11.3 Å². The molecule has 1 unspecified atom stereocenters. The van der Waals surface area contributed by atoms with E-state index in [1.807, 2.05) is 30.3 Å². The van der Waals surface area contributed by atoms with E-state index < -0.39 is 0 Å². The number of carbonyl (C=O) groups is 1. The molecule has 1 atom stereocenters. The van der Waals surface area contributed by atoms with Gasteiger partial charge in [0, 0.05) is 22.7 Å². The standard InChI is InChI=1S/C25H31N5OS.ClH/c1-2-14-29-15-8-11-18(16-29)24(31)28-23(26)22-21(17-9-4-3-5-10-17)27-25-30(22)19-12-6-7-13-20(19)32-25;/h3-5,9-10,18H,2,6-8,11-16H2,1H3,(H2,26,28,31);1H. The van der Waals surface area contributed by atoms with Gasteiger partial charge in [-0.3, -0.25) is 14.6 Å². The molecule has 1 saturated heterocycles. The molecule has 1 aliphatic carbocycles. The van der Waals surface area contributed by atoms with Gasteiger partial charge >= 0.3 is 0 Å². The minimum absolute atomic E-state index is 0. The molecule has 2 N–H and O–H groups in total. The Balaban J connectivity index is 0.00000259. The highest BCUT2D eigenvalue weighted by molar-refractivity contribution is 7.17. The number of halogens is 1. The summed E-state index contributed by atoms with van der Waals surface area (Å²) in [6, 6.07) is 10.0. The van der Waals surface area contributed by atoms with Crippen LogP contribution in [0.3, 0.4) is 0 Å². The van der Waals surface area contributed by atoms with Crippen molar-refractivity contribution in [2.24, 2.45) is 5.92 Å². The third-order valence-electron chi connectivity index (χ3n) is 6.67. The van der Waals surface area contributed by atoms with Gasteiger partial charge in [0.2, 0.25) is 5.91 Å². The van der Waals surface area contributed by atoms with Crippen LogP contribution in [0.2, 0.25) is 0 Å². The van der Waals surface area contributed by atoms with Gasteiger partial charge < -0.3 is 10.2 Å². The van der Waals surface area contributed by atoms with Crippen molar-refractivity contribution in [2.75, 3.05) is 19.6 Å². The Morgan fingerprint density at radius 1 is 1.21 bits per heavy atom. The zero-order chi connectivity index (χ0) is 22.1. The summed E-state index contributed by atoms with van der Waals surface area (Å²) >= 11 is 1.74. The molecular formula is C25H32ClN5OS. The maximum absolute atomic E-state index is 13.2. The van der Waals surface area contributed by atoms with Gasteiger partial charge in [0.1, 0.15) is 11.4 Å². The number of hydrogen-bond donors (Lipinski definition) is 2. The van der Waals surface area contributed by atoms with Crippen LogP contribution in [0.5, 0.6) is 0 Å². The maximum Gasteiger partial charge on any atom is 0.229 e. The molecule has 0 saturated carbocycles. The molecule has 176 valence electrons. The largest absolute Gasteiger partial charge is 0.309 e. The second kappa shape index (κ2) is 10.4. The fraction of sp³-hybridized carbons (Fsp3) is 0.480. The zero-order valence-corrected chi connectivity index (χ0v) is 20.7. The smallest absolute Gasteiger partial charge is 0.229 e. The van der Waals surface area contributed by atoms with Gasteiger partial charge in [-0.25, -0.2) is 4.98 Å². The third kappa shape index (κ3) is 4.72. The molecule has 3 heterocycles. The summed E-state index contributed by atoms with van der Waals surface area (Å²) in [5.41, 5.74) is 3.76. The molecule has 2 aromatic heterocycles. The first kappa shape index (κ1) is 23.9. The Labute approximate surface area is 205 Å². The SMILES string of the molecule is CCCN1CCCC(C(=O)NC(=N)c2c(-c3ccccc3)nc3sc4c(n23)CCCC4)C1.Cl. The van der Waals surface area contributed by atoms with Crippen molar-refractivity contribution in [3.05, 3.63) is 46.6 Å². The number of carbonyl (C=O) groups excluding carboxylic acids is 1. The van der Waals surface area contributed by atoms with E-state index in [0.29, 0.717) is 0 Å². The summed E-state index contributed by atoms with van der Waals surface area (Å²) < 4.78 is 2.15. The normalized spacial score (nSPS) is 18.5.